The molecule has 30 heavy (non-hydrogen) atoms. The second kappa shape index (κ2) is 9.40. The number of carbonyl (C=O) groups is 1. The Labute approximate surface area is 180 Å². The molecular formula is C22H24N2O4S2. The van der Waals surface area contributed by atoms with Gasteiger partial charge in [-0.3, -0.25) is 4.79 Å². The predicted molar refractivity (Wildman–Crippen MR) is 120 cm³/mol. The molecule has 0 spiro atoms. The maximum atomic E-state index is 12.4. The number of nitrogens with zero attached hydrogens (tertiary/aromatic N) is 1. The molecule has 0 saturated heterocycles. The number of methoxy groups -OCH3 is 1. The molecule has 0 bridgehead atoms. The van der Waals surface area contributed by atoms with Gasteiger partial charge in [0, 0.05) is 17.4 Å². The van der Waals surface area contributed by atoms with Gasteiger partial charge in [-0.1, -0.05) is 12.1 Å². The molecule has 0 radical (unpaired) electrons. The standard InChI is InChI=1S/C22H24N2O4S2/c1-15-6-7-17(13-16(15)2)20-14-29-22(23-20)24-21(25)5-4-12-30(26,27)19-10-8-18(28-3)9-11-19/h6-11,13-14H,4-5,12H2,1-3H3,(H,23,24,25). The number of sulfone groups is 1. The number of hydrogen-bond acceptors (Lipinski definition) is 6. The molecular weight excluding hydrogens is 420 g/mol. The van der Waals surface area contributed by atoms with Crippen molar-refractivity contribution >= 4 is 32.2 Å². The second-order valence-electron chi connectivity index (χ2n) is 6.98. The van der Waals surface area contributed by atoms with Crippen LogP contribution >= 0.6 is 11.3 Å². The average molecular weight is 445 g/mol. The molecule has 0 aliphatic rings. The summed E-state index contributed by atoms with van der Waals surface area (Å²) in [6.45, 7) is 4.11. The first kappa shape index (κ1) is 22.0. The van der Waals surface area contributed by atoms with E-state index in [-0.39, 0.29) is 29.4 Å². The first-order valence-corrected chi connectivity index (χ1v) is 12.0. The van der Waals surface area contributed by atoms with E-state index >= 15 is 0 Å². The number of ether oxygens (including phenoxy) is 1. The van der Waals surface area contributed by atoms with Crippen molar-refractivity contribution in [2.45, 2.75) is 31.6 Å². The summed E-state index contributed by atoms with van der Waals surface area (Å²) in [4.78, 5) is 16.9. The van der Waals surface area contributed by atoms with Gasteiger partial charge in [-0.2, -0.15) is 0 Å². The molecule has 1 amide bonds. The highest BCUT2D eigenvalue weighted by Crippen LogP contribution is 2.26. The van der Waals surface area contributed by atoms with Gasteiger partial charge in [0.05, 0.1) is 23.5 Å². The SMILES string of the molecule is COc1ccc(S(=O)(=O)CCCC(=O)Nc2nc(-c3ccc(C)c(C)c3)cs2)cc1. The van der Waals surface area contributed by atoms with E-state index < -0.39 is 9.84 Å². The maximum absolute atomic E-state index is 12.4. The molecule has 0 saturated carbocycles. The van der Waals surface area contributed by atoms with Gasteiger partial charge < -0.3 is 10.1 Å². The summed E-state index contributed by atoms with van der Waals surface area (Å²) < 4.78 is 29.8. The first-order chi connectivity index (χ1) is 14.3. The fourth-order valence-electron chi connectivity index (χ4n) is 2.87. The van der Waals surface area contributed by atoms with E-state index in [9.17, 15) is 13.2 Å². The van der Waals surface area contributed by atoms with Crippen LogP contribution in [-0.4, -0.2) is 32.2 Å². The van der Waals surface area contributed by atoms with Crippen LogP contribution in [0.25, 0.3) is 11.3 Å². The third-order valence-corrected chi connectivity index (χ3v) is 7.36. The molecule has 158 valence electrons. The van der Waals surface area contributed by atoms with Crippen LogP contribution in [0.2, 0.25) is 0 Å². The summed E-state index contributed by atoms with van der Waals surface area (Å²) >= 11 is 1.35. The average Bonchev–Trinajstić information content (AvgIpc) is 3.18. The normalized spacial score (nSPS) is 11.3. The molecule has 0 atom stereocenters. The van der Waals surface area contributed by atoms with Crippen LogP contribution in [0.4, 0.5) is 5.13 Å². The van der Waals surface area contributed by atoms with E-state index in [1.54, 1.807) is 12.1 Å². The largest absolute Gasteiger partial charge is 0.497 e. The Morgan fingerprint density at radius 2 is 1.83 bits per heavy atom. The Hall–Kier alpha value is -2.71. The van der Waals surface area contributed by atoms with Crippen LogP contribution in [0, 0.1) is 13.8 Å². The Kier molecular flexibility index (Phi) is 6.89. The van der Waals surface area contributed by atoms with Gasteiger partial charge in [0.2, 0.25) is 5.91 Å². The van der Waals surface area contributed by atoms with Crippen molar-refractivity contribution in [2.75, 3.05) is 18.2 Å². The van der Waals surface area contributed by atoms with Gasteiger partial charge in [0.25, 0.3) is 0 Å². The van der Waals surface area contributed by atoms with Crippen LogP contribution in [0.15, 0.2) is 52.7 Å². The summed E-state index contributed by atoms with van der Waals surface area (Å²) in [5.74, 6) is 0.247. The molecule has 0 aliphatic carbocycles. The number of amides is 1. The van der Waals surface area contributed by atoms with Crippen LogP contribution < -0.4 is 10.1 Å². The Morgan fingerprint density at radius 1 is 1.10 bits per heavy atom. The van der Waals surface area contributed by atoms with Crippen molar-refractivity contribution in [3.8, 4) is 17.0 Å². The molecule has 0 unspecified atom stereocenters. The lowest BCUT2D eigenvalue weighted by Crippen LogP contribution is -2.14. The summed E-state index contributed by atoms with van der Waals surface area (Å²) in [5, 5.41) is 5.16. The molecule has 0 aliphatic heterocycles. The third kappa shape index (κ3) is 5.46. The second-order valence-corrected chi connectivity index (χ2v) is 9.95. The lowest BCUT2D eigenvalue weighted by Gasteiger charge is -2.06. The molecule has 0 fully saturated rings. The highest BCUT2D eigenvalue weighted by Gasteiger charge is 2.16. The van der Waals surface area contributed by atoms with Gasteiger partial charge in [-0.15, -0.1) is 11.3 Å². The number of aryl methyl sites for hydroxylation is 2. The van der Waals surface area contributed by atoms with Crippen LogP contribution in [0.3, 0.4) is 0 Å². The van der Waals surface area contributed by atoms with E-state index in [4.69, 9.17) is 4.74 Å². The van der Waals surface area contributed by atoms with E-state index in [2.05, 4.69) is 23.3 Å². The van der Waals surface area contributed by atoms with E-state index in [0.29, 0.717) is 10.9 Å². The number of aromatic nitrogens is 1. The Balaban J connectivity index is 1.53. The highest BCUT2D eigenvalue weighted by molar-refractivity contribution is 7.91. The number of hydrogen-bond donors (Lipinski definition) is 1. The predicted octanol–water partition coefficient (Wildman–Crippen LogP) is 4.63. The topological polar surface area (TPSA) is 85.4 Å². The lowest BCUT2D eigenvalue weighted by atomic mass is 10.1. The van der Waals surface area contributed by atoms with Crippen molar-refractivity contribution in [1.29, 1.82) is 0 Å². The molecule has 3 aromatic rings. The Morgan fingerprint density at radius 3 is 2.50 bits per heavy atom. The summed E-state index contributed by atoms with van der Waals surface area (Å²) in [5.41, 5.74) is 4.21. The number of thiazole rings is 1. The molecule has 1 heterocycles. The van der Waals surface area contributed by atoms with Crippen molar-refractivity contribution < 1.29 is 17.9 Å². The summed E-state index contributed by atoms with van der Waals surface area (Å²) in [6, 6.07) is 12.4. The van der Waals surface area contributed by atoms with Crippen molar-refractivity contribution in [2.24, 2.45) is 0 Å². The quantitative estimate of drug-likeness (QED) is 0.548. The van der Waals surface area contributed by atoms with Gasteiger partial charge in [-0.05, 0) is 61.7 Å². The smallest absolute Gasteiger partial charge is 0.226 e. The molecule has 1 N–H and O–H groups in total. The monoisotopic (exact) mass is 444 g/mol. The number of rotatable bonds is 8. The minimum absolute atomic E-state index is 0.0987. The lowest BCUT2D eigenvalue weighted by molar-refractivity contribution is -0.116. The van der Waals surface area contributed by atoms with Crippen LogP contribution in [-0.2, 0) is 14.6 Å². The van der Waals surface area contributed by atoms with E-state index in [0.717, 1.165) is 11.3 Å². The molecule has 6 nitrogen and oxygen atoms in total. The zero-order chi connectivity index (χ0) is 21.7. The van der Waals surface area contributed by atoms with E-state index in [1.807, 2.05) is 24.4 Å². The zero-order valence-corrected chi connectivity index (χ0v) is 18.8. The summed E-state index contributed by atoms with van der Waals surface area (Å²) in [7, 11) is -1.92. The van der Waals surface area contributed by atoms with Crippen molar-refractivity contribution in [1.82, 2.24) is 4.98 Å². The van der Waals surface area contributed by atoms with Crippen molar-refractivity contribution in [3.05, 3.63) is 59.0 Å². The summed E-state index contributed by atoms with van der Waals surface area (Å²) in [6.07, 6.45) is 0.337. The first-order valence-electron chi connectivity index (χ1n) is 9.48. The molecule has 8 heteroatoms. The number of benzene rings is 2. The Bertz CT molecular complexity index is 1140. The molecule has 1 aromatic heterocycles. The number of carbonyl (C=O) groups excluding carboxylic acids is 1. The molecule has 3 rings (SSSR count). The van der Waals surface area contributed by atoms with Gasteiger partial charge in [-0.25, -0.2) is 13.4 Å². The van der Waals surface area contributed by atoms with Gasteiger partial charge >= 0.3 is 0 Å². The zero-order valence-electron chi connectivity index (χ0n) is 17.1. The molecule has 2 aromatic carbocycles. The van der Waals surface area contributed by atoms with Crippen LogP contribution in [0.1, 0.15) is 24.0 Å². The maximum Gasteiger partial charge on any atom is 0.226 e. The third-order valence-electron chi connectivity index (χ3n) is 4.79. The fraction of sp³-hybridized carbons (Fsp3) is 0.273. The van der Waals surface area contributed by atoms with Crippen LogP contribution in [0.5, 0.6) is 5.75 Å². The van der Waals surface area contributed by atoms with Crippen molar-refractivity contribution in [3.63, 3.8) is 0 Å². The number of nitrogens with one attached hydrogen (secondary N) is 1. The minimum atomic E-state index is -3.44. The van der Waals surface area contributed by atoms with Gasteiger partial charge in [0.15, 0.2) is 15.0 Å². The highest BCUT2D eigenvalue weighted by atomic mass is 32.2. The van der Waals surface area contributed by atoms with E-state index in [1.165, 1.54) is 41.7 Å². The fourth-order valence-corrected chi connectivity index (χ4v) is 4.92. The minimum Gasteiger partial charge on any atom is -0.497 e. The van der Waals surface area contributed by atoms with Gasteiger partial charge in [0.1, 0.15) is 5.75 Å². The number of anilines is 1.